The van der Waals surface area contributed by atoms with E-state index in [0.29, 0.717) is 52.8 Å². The van der Waals surface area contributed by atoms with E-state index in [2.05, 4.69) is 10.6 Å². The van der Waals surface area contributed by atoms with Crippen LogP contribution in [0, 0.1) is 0 Å². The Bertz CT molecular complexity index is 931. The van der Waals surface area contributed by atoms with Crippen LogP contribution in [0.5, 0.6) is 0 Å². The van der Waals surface area contributed by atoms with Crippen LogP contribution in [0.2, 0.25) is 10.0 Å². The number of nitrogens with zero attached hydrogens (tertiary/aromatic N) is 1. The van der Waals surface area contributed by atoms with Gasteiger partial charge in [-0.2, -0.15) is 4.31 Å². The second-order valence-corrected chi connectivity index (χ2v) is 8.93. The van der Waals surface area contributed by atoms with Crippen LogP contribution >= 0.6 is 35.4 Å². The monoisotopic (exact) mass is 445 g/mol. The summed E-state index contributed by atoms with van der Waals surface area (Å²) in [6.45, 7) is 1.53. The Kier molecular flexibility index (Phi) is 6.56. The molecule has 3 rings (SSSR count). The number of rotatable bonds is 4. The van der Waals surface area contributed by atoms with E-state index in [1.165, 1.54) is 4.31 Å². The predicted molar refractivity (Wildman–Crippen MR) is 112 cm³/mol. The van der Waals surface area contributed by atoms with Gasteiger partial charge < -0.3 is 15.4 Å². The first-order valence-corrected chi connectivity index (χ1v) is 10.7. The fraction of sp³-hybridized carbons (Fsp3) is 0.235. The predicted octanol–water partition coefficient (Wildman–Crippen LogP) is 3.82. The topological polar surface area (TPSA) is 70.7 Å². The Morgan fingerprint density at radius 3 is 2.37 bits per heavy atom. The molecule has 0 bridgehead atoms. The number of morpholine rings is 1. The lowest BCUT2D eigenvalue weighted by atomic mass is 10.3. The number of nitrogens with one attached hydrogen (secondary N) is 2. The highest BCUT2D eigenvalue weighted by molar-refractivity contribution is 7.89. The number of benzene rings is 2. The van der Waals surface area contributed by atoms with Gasteiger partial charge in [-0.1, -0.05) is 23.2 Å². The third-order valence-electron chi connectivity index (χ3n) is 3.90. The zero-order valence-electron chi connectivity index (χ0n) is 14.1. The first kappa shape index (κ1) is 20.3. The molecule has 1 heterocycles. The molecule has 2 aromatic carbocycles. The third kappa shape index (κ3) is 5.10. The molecule has 1 saturated heterocycles. The molecular weight excluding hydrogens is 429 g/mol. The summed E-state index contributed by atoms with van der Waals surface area (Å²) >= 11 is 17.3. The Morgan fingerprint density at radius 2 is 1.70 bits per heavy atom. The Morgan fingerprint density at radius 1 is 1.04 bits per heavy atom. The van der Waals surface area contributed by atoms with E-state index < -0.39 is 10.0 Å². The number of hydrogen-bond donors (Lipinski definition) is 2. The normalized spacial score (nSPS) is 15.3. The number of anilines is 2. The Balaban J connectivity index is 1.66. The molecule has 0 aromatic heterocycles. The summed E-state index contributed by atoms with van der Waals surface area (Å²) in [6, 6.07) is 11.4. The van der Waals surface area contributed by atoms with Crippen molar-refractivity contribution < 1.29 is 13.2 Å². The maximum atomic E-state index is 12.6. The summed E-state index contributed by atoms with van der Waals surface area (Å²) in [5, 5.41) is 7.27. The average Bonchev–Trinajstić information content (AvgIpc) is 2.66. The highest BCUT2D eigenvalue weighted by atomic mass is 35.5. The second kappa shape index (κ2) is 8.72. The molecule has 1 aliphatic rings. The molecule has 2 N–H and O–H groups in total. The largest absolute Gasteiger partial charge is 0.379 e. The van der Waals surface area contributed by atoms with Gasteiger partial charge in [0.2, 0.25) is 10.0 Å². The molecule has 0 aliphatic carbocycles. The summed E-state index contributed by atoms with van der Waals surface area (Å²) in [6.07, 6.45) is 0. The number of halogens is 2. The third-order valence-corrected chi connectivity index (χ3v) is 6.58. The van der Waals surface area contributed by atoms with Crippen LogP contribution in [0.25, 0.3) is 0 Å². The van der Waals surface area contributed by atoms with Gasteiger partial charge >= 0.3 is 0 Å². The minimum atomic E-state index is -3.52. The number of thiocarbonyl (C=S) groups is 1. The summed E-state index contributed by atoms with van der Waals surface area (Å²) in [4.78, 5) is 0.228. The van der Waals surface area contributed by atoms with E-state index in [0.717, 1.165) is 0 Å². The van der Waals surface area contributed by atoms with Crippen molar-refractivity contribution in [3.05, 3.63) is 52.5 Å². The molecular formula is C17H17Cl2N3O3S2. The Labute approximate surface area is 173 Å². The minimum absolute atomic E-state index is 0.228. The van der Waals surface area contributed by atoms with Gasteiger partial charge in [0, 0.05) is 23.8 Å². The molecule has 2 aromatic rings. The lowest BCUT2D eigenvalue weighted by molar-refractivity contribution is 0.0730. The standard InChI is InChI=1S/C17H17Cl2N3O3S2/c18-12-1-6-15(19)16(11-12)21-17(26)20-13-2-4-14(5-3-13)27(23,24)22-7-9-25-10-8-22/h1-6,11H,7-10H2,(H2,20,21,26). The lowest BCUT2D eigenvalue weighted by Crippen LogP contribution is -2.40. The molecule has 10 heteroatoms. The van der Waals surface area contributed by atoms with Crippen LogP contribution in [-0.4, -0.2) is 44.1 Å². The molecule has 27 heavy (non-hydrogen) atoms. The van der Waals surface area contributed by atoms with Crippen molar-refractivity contribution in [3.8, 4) is 0 Å². The van der Waals surface area contributed by atoms with E-state index >= 15 is 0 Å². The zero-order valence-corrected chi connectivity index (χ0v) is 17.3. The molecule has 0 unspecified atom stereocenters. The first-order valence-electron chi connectivity index (χ1n) is 8.07. The molecule has 0 spiro atoms. The molecule has 144 valence electrons. The summed E-state index contributed by atoms with van der Waals surface area (Å²) < 4.78 is 31.9. The summed E-state index contributed by atoms with van der Waals surface area (Å²) in [5.74, 6) is 0. The van der Waals surface area contributed by atoms with Gasteiger partial charge in [-0.25, -0.2) is 8.42 Å². The molecule has 6 nitrogen and oxygen atoms in total. The molecule has 0 atom stereocenters. The molecule has 0 amide bonds. The maximum Gasteiger partial charge on any atom is 0.243 e. The minimum Gasteiger partial charge on any atom is -0.379 e. The quantitative estimate of drug-likeness (QED) is 0.696. The fourth-order valence-corrected chi connectivity index (χ4v) is 4.50. The van der Waals surface area contributed by atoms with E-state index in [9.17, 15) is 8.42 Å². The van der Waals surface area contributed by atoms with Crippen molar-refractivity contribution in [2.24, 2.45) is 0 Å². The van der Waals surface area contributed by atoms with Crippen LogP contribution in [0.15, 0.2) is 47.4 Å². The highest BCUT2D eigenvalue weighted by Crippen LogP contribution is 2.26. The number of hydrogen-bond acceptors (Lipinski definition) is 4. The second-order valence-electron chi connectivity index (χ2n) is 5.74. The van der Waals surface area contributed by atoms with Gasteiger partial charge in [0.15, 0.2) is 5.11 Å². The van der Waals surface area contributed by atoms with Crippen LogP contribution in [0.1, 0.15) is 0 Å². The smallest absolute Gasteiger partial charge is 0.243 e. The van der Waals surface area contributed by atoms with Gasteiger partial charge in [0.05, 0.1) is 28.8 Å². The van der Waals surface area contributed by atoms with E-state index in [1.54, 1.807) is 42.5 Å². The Hall–Kier alpha value is -1.42. The fourth-order valence-electron chi connectivity index (χ4n) is 2.52. The van der Waals surface area contributed by atoms with Crippen molar-refractivity contribution in [1.29, 1.82) is 0 Å². The number of sulfonamides is 1. The zero-order chi connectivity index (χ0) is 19.4. The van der Waals surface area contributed by atoms with Crippen LogP contribution in [0.3, 0.4) is 0 Å². The average molecular weight is 446 g/mol. The summed E-state index contributed by atoms with van der Waals surface area (Å²) in [5.41, 5.74) is 1.22. The summed E-state index contributed by atoms with van der Waals surface area (Å²) in [7, 11) is -3.52. The van der Waals surface area contributed by atoms with Gasteiger partial charge in [0.1, 0.15) is 0 Å². The SMILES string of the molecule is O=S(=O)(c1ccc(NC(=S)Nc2cc(Cl)ccc2Cl)cc1)N1CCOCC1. The van der Waals surface area contributed by atoms with E-state index in [-0.39, 0.29) is 4.90 Å². The molecule has 1 fully saturated rings. The molecule has 0 radical (unpaired) electrons. The van der Waals surface area contributed by atoms with Crippen molar-refractivity contribution >= 4 is 61.9 Å². The lowest BCUT2D eigenvalue weighted by Gasteiger charge is -2.26. The number of ether oxygens (including phenoxy) is 1. The van der Waals surface area contributed by atoms with E-state index in [4.69, 9.17) is 40.2 Å². The molecule has 0 saturated carbocycles. The first-order chi connectivity index (χ1) is 12.9. The van der Waals surface area contributed by atoms with Gasteiger partial charge in [-0.3, -0.25) is 0 Å². The highest BCUT2D eigenvalue weighted by Gasteiger charge is 2.26. The van der Waals surface area contributed by atoms with Crippen molar-refractivity contribution in [2.75, 3.05) is 36.9 Å². The van der Waals surface area contributed by atoms with Crippen LogP contribution < -0.4 is 10.6 Å². The molecule has 1 aliphatic heterocycles. The van der Waals surface area contributed by atoms with Gasteiger partial charge in [-0.05, 0) is 54.7 Å². The van der Waals surface area contributed by atoms with Crippen molar-refractivity contribution in [2.45, 2.75) is 4.90 Å². The maximum absolute atomic E-state index is 12.6. The van der Waals surface area contributed by atoms with Crippen molar-refractivity contribution in [3.63, 3.8) is 0 Å². The van der Waals surface area contributed by atoms with Crippen molar-refractivity contribution in [1.82, 2.24) is 4.31 Å². The van der Waals surface area contributed by atoms with Crippen LogP contribution in [-0.2, 0) is 14.8 Å². The van der Waals surface area contributed by atoms with E-state index in [1.807, 2.05) is 0 Å². The van der Waals surface area contributed by atoms with Crippen LogP contribution in [0.4, 0.5) is 11.4 Å². The van der Waals surface area contributed by atoms with Gasteiger partial charge in [-0.15, -0.1) is 0 Å². The van der Waals surface area contributed by atoms with Gasteiger partial charge in [0.25, 0.3) is 0 Å².